The fourth-order valence-electron chi connectivity index (χ4n) is 8.31. The number of unbranched alkanes of at least 4 members (excludes halogenated alkanes) is 1. The average Bonchev–Trinajstić information content (AvgIpc) is 3.01. The Balaban J connectivity index is 1.58. The van der Waals surface area contributed by atoms with Crippen LogP contribution in [0.5, 0.6) is 5.75 Å². The van der Waals surface area contributed by atoms with E-state index >= 15 is 0 Å². The molecule has 0 radical (unpaired) electrons. The van der Waals surface area contributed by atoms with Crippen LogP contribution < -0.4 is 16.2 Å². The maximum atomic E-state index is 12.6. The number of benzene rings is 1. The standard InChI is InChI=1S/C28H44N2O2/c1-18-15-20(32-25(31)21(30)9-6-7-14-29)16-19-17-23-27(4)12-8-11-26(2,3)22(27)10-13-28(23,5)24(18)19/h15-16,21-23H,6-14,17,29-30H2,1-5H3/t21-,22?,23-,27-,28+/m0/s1. The maximum Gasteiger partial charge on any atom is 0.328 e. The molecule has 0 saturated heterocycles. The van der Waals surface area contributed by atoms with E-state index in [1.807, 2.05) is 0 Å². The topological polar surface area (TPSA) is 78.3 Å². The lowest BCUT2D eigenvalue weighted by atomic mass is 9.43. The molecule has 2 fully saturated rings. The summed E-state index contributed by atoms with van der Waals surface area (Å²) < 4.78 is 5.77. The molecule has 0 amide bonds. The van der Waals surface area contributed by atoms with Crippen LogP contribution in [-0.2, 0) is 16.6 Å². The zero-order valence-electron chi connectivity index (χ0n) is 20.9. The van der Waals surface area contributed by atoms with Crippen molar-refractivity contribution in [2.24, 2.45) is 34.1 Å². The maximum absolute atomic E-state index is 12.6. The quantitative estimate of drug-likeness (QED) is 0.352. The van der Waals surface area contributed by atoms with E-state index in [1.54, 1.807) is 0 Å². The SMILES string of the molecule is Cc1cc(OC(=O)[C@@H](N)CCCCN)cc2c1[C@]1(C)CCC3C(C)(C)CCC[C@]3(C)[C@@H]1C2. The normalized spacial score (nSPS) is 33.7. The van der Waals surface area contributed by atoms with Crippen molar-refractivity contribution in [3.05, 3.63) is 28.8 Å². The fraction of sp³-hybridized carbons (Fsp3) is 0.750. The van der Waals surface area contributed by atoms with Crippen molar-refractivity contribution in [1.29, 1.82) is 0 Å². The number of esters is 1. The first kappa shape index (κ1) is 23.8. The molecule has 5 atom stereocenters. The number of ether oxygens (including phenoxy) is 1. The van der Waals surface area contributed by atoms with Crippen LogP contribution in [0.15, 0.2) is 12.1 Å². The molecule has 3 aliphatic carbocycles. The number of aryl methyl sites for hydroxylation is 1. The van der Waals surface area contributed by atoms with Crippen LogP contribution in [0.4, 0.5) is 0 Å². The van der Waals surface area contributed by atoms with Gasteiger partial charge in [0.15, 0.2) is 0 Å². The van der Waals surface area contributed by atoms with Gasteiger partial charge in [-0.05, 0) is 115 Å². The van der Waals surface area contributed by atoms with Crippen molar-refractivity contribution >= 4 is 5.97 Å². The number of carbonyl (C=O) groups excluding carboxylic acids is 1. The van der Waals surface area contributed by atoms with Gasteiger partial charge in [0, 0.05) is 0 Å². The molecule has 4 rings (SSSR count). The summed E-state index contributed by atoms with van der Waals surface area (Å²) in [6.07, 6.45) is 10.1. The second-order valence-corrected chi connectivity index (χ2v) is 12.2. The molecule has 4 heteroatoms. The van der Waals surface area contributed by atoms with Gasteiger partial charge in [0.25, 0.3) is 0 Å². The molecule has 1 unspecified atom stereocenters. The van der Waals surface area contributed by atoms with E-state index in [2.05, 4.69) is 46.8 Å². The Labute approximate surface area is 194 Å². The summed E-state index contributed by atoms with van der Waals surface area (Å²) in [6, 6.07) is 3.62. The molecule has 1 aromatic carbocycles. The van der Waals surface area contributed by atoms with Crippen LogP contribution in [0.25, 0.3) is 0 Å². The lowest BCUT2D eigenvalue weighted by Crippen LogP contribution is -2.55. The lowest BCUT2D eigenvalue weighted by molar-refractivity contribution is -0.136. The summed E-state index contributed by atoms with van der Waals surface area (Å²) in [5, 5.41) is 0. The minimum atomic E-state index is -0.584. The number of nitrogens with two attached hydrogens (primary N) is 2. The van der Waals surface area contributed by atoms with E-state index in [0.29, 0.717) is 35.5 Å². The lowest BCUT2D eigenvalue weighted by Gasteiger charge is -2.61. The highest BCUT2D eigenvalue weighted by Crippen LogP contribution is 2.67. The number of fused-ring (bicyclic) bond motifs is 5. The van der Waals surface area contributed by atoms with Crippen molar-refractivity contribution in [2.45, 2.75) is 104 Å². The van der Waals surface area contributed by atoms with Crippen molar-refractivity contribution < 1.29 is 9.53 Å². The molecule has 4 N–H and O–H groups in total. The first-order valence-electron chi connectivity index (χ1n) is 12.8. The van der Waals surface area contributed by atoms with Gasteiger partial charge in [-0.15, -0.1) is 0 Å². The Hall–Kier alpha value is -1.39. The third kappa shape index (κ3) is 3.81. The second kappa shape index (κ2) is 8.43. The van der Waals surface area contributed by atoms with Crippen LogP contribution >= 0.6 is 0 Å². The van der Waals surface area contributed by atoms with Crippen LogP contribution in [0.2, 0.25) is 0 Å². The molecule has 1 aromatic rings. The molecule has 32 heavy (non-hydrogen) atoms. The van der Waals surface area contributed by atoms with E-state index in [1.165, 1.54) is 48.8 Å². The van der Waals surface area contributed by atoms with Gasteiger partial charge in [0.2, 0.25) is 0 Å². The Kier molecular flexibility index (Phi) is 6.26. The predicted molar refractivity (Wildman–Crippen MR) is 131 cm³/mol. The van der Waals surface area contributed by atoms with Gasteiger partial charge in [-0.1, -0.05) is 40.5 Å². The summed E-state index contributed by atoms with van der Waals surface area (Å²) in [7, 11) is 0. The van der Waals surface area contributed by atoms with Gasteiger partial charge >= 0.3 is 5.97 Å². The van der Waals surface area contributed by atoms with E-state index in [-0.39, 0.29) is 11.4 Å². The molecule has 178 valence electrons. The zero-order valence-corrected chi connectivity index (χ0v) is 20.9. The van der Waals surface area contributed by atoms with E-state index in [4.69, 9.17) is 16.2 Å². The van der Waals surface area contributed by atoms with Gasteiger partial charge in [-0.2, -0.15) is 0 Å². The smallest absolute Gasteiger partial charge is 0.328 e. The monoisotopic (exact) mass is 440 g/mol. The van der Waals surface area contributed by atoms with Crippen molar-refractivity contribution in [1.82, 2.24) is 0 Å². The number of hydrogen-bond donors (Lipinski definition) is 2. The van der Waals surface area contributed by atoms with Crippen molar-refractivity contribution in [3.63, 3.8) is 0 Å². The number of carbonyl (C=O) groups is 1. The van der Waals surface area contributed by atoms with Gasteiger partial charge in [0.1, 0.15) is 11.8 Å². The highest BCUT2D eigenvalue weighted by Gasteiger charge is 2.61. The molecule has 3 aliphatic rings. The summed E-state index contributed by atoms with van der Waals surface area (Å²) in [5.41, 5.74) is 16.8. The van der Waals surface area contributed by atoms with Gasteiger partial charge in [-0.25, -0.2) is 4.79 Å². The minimum absolute atomic E-state index is 0.221. The molecule has 0 bridgehead atoms. The Morgan fingerprint density at radius 1 is 1.12 bits per heavy atom. The van der Waals surface area contributed by atoms with Gasteiger partial charge in [0.05, 0.1) is 0 Å². The summed E-state index contributed by atoms with van der Waals surface area (Å²) in [5.74, 6) is 1.78. The number of rotatable bonds is 6. The summed E-state index contributed by atoms with van der Waals surface area (Å²) in [6.45, 7) is 12.9. The molecule has 0 spiro atoms. The highest BCUT2D eigenvalue weighted by molar-refractivity contribution is 5.78. The van der Waals surface area contributed by atoms with E-state index < -0.39 is 6.04 Å². The largest absolute Gasteiger partial charge is 0.425 e. The van der Waals surface area contributed by atoms with Gasteiger partial charge in [-0.3, -0.25) is 0 Å². The highest BCUT2D eigenvalue weighted by atomic mass is 16.5. The van der Waals surface area contributed by atoms with Crippen LogP contribution in [0.3, 0.4) is 0 Å². The average molecular weight is 441 g/mol. The Morgan fingerprint density at radius 3 is 2.59 bits per heavy atom. The molecular formula is C28H44N2O2. The zero-order chi connectivity index (χ0) is 23.3. The molecule has 0 heterocycles. The summed E-state index contributed by atoms with van der Waals surface area (Å²) in [4.78, 5) is 12.6. The van der Waals surface area contributed by atoms with Gasteiger partial charge < -0.3 is 16.2 Å². The van der Waals surface area contributed by atoms with E-state index in [0.717, 1.165) is 25.2 Å². The Bertz CT molecular complexity index is 878. The molecule has 4 nitrogen and oxygen atoms in total. The van der Waals surface area contributed by atoms with Crippen LogP contribution in [0, 0.1) is 29.6 Å². The van der Waals surface area contributed by atoms with E-state index in [9.17, 15) is 4.79 Å². The first-order valence-corrected chi connectivity index (χ1v) is 12.8. The molecule has 0 aliphatic heterocycles. The molecule has 2 saturated carbocycles. The minimum Gasteiger partial charge on any atom is -0.425 e. The summed E-state index contributed by atoms with van der Waals surface area (Å²) >= 11 is 0. The predicted octanol–water partition coefficient (Wildman–Crippen LogP) is 5.41. The molecule has 0 aromatic heterocycles. The third-order valence-corrected chi connectivity index (χ3v) is 9.67. The first-order chi connectivity index (χ1) is 15.0. The third-order valence-electron chi connectivity index (χ3n) is 9.67. The van der Waals surface area contributed by atoms with Crippen LogP contribution in [0.1, 0.15) is 95.8 Å². The Morgan fingerprint density at radius 2 is 1.88 bits per heavy atom. The van der Waals surface area contributed by atoms with Crippen molar-refractivity contribution in [2.75, 3.05) is 6.54 Å². The number of hydrogen-bond acceptors (Lipinski definition) is 4. The van der Waals surface area contributed by atoms with Crippen molar-refractivity contribution in [3.8, 4) is 5.75 Å². The second-order valence-electron chi connectivity index (χ2n) is 12.2. The van der Waals surface area contributed by atoms with Crippen LogP contribution in [-0.4, -0.2) is 18.6 Å². The molecular weight excluding hydrogens is 396 g/mol. The fourth-order valence-corrected chi connectivity index (χ4v) is 8.31.